The molecule has 1 fully saturated rings. The quantitative estimate of drug-likeness (QED) is 0.620. The van der Waals surface area contributed by atoms with E-state index in [0.29, 0.717) is 0 Å². The van der Waals surface area contributed by atoms with E-state index in [1.807, 2.05) is 12.1 Å². The van der Waals surface area contributed by atoms with Gasteiger partial charge in [-0.3, -0.25) is 9.69 Å². The number of nitrogens with zero attached hydrogens (tertiary/aromatic N) is 4. The maximum absolute atomic E-state index is 12.0. The Morgan fingerprint density at radius 3 is 2.70 bits per heavy atom. The van der Waals surface area contributed by atoms with Crippen LogP contribution < -0.4 is 10.1 Å². The van der Waals surface area contributed by atoms with Gasteiger partial charge in [0, 0.05) is 31.6 Å². The maximum Gasteiger partial charge on any atom is 0.273 e. The second kappa shape index (κ2) is 9.23. The Bertz CT molecular complexity index is 1010. The van der Waals surface area contributed by atoms with Gasteiger partial charge in [-0.05, 0) is 29.9 Å². The van der Waals surface area contributed by atoms with Crippen molar-refractivity contribution < 1.29 is 14.6 Å². The highest BCUT2D eigenvalue weighted by molar-refractivity contribution is 5.92. The molecule has 158 valence electrons. The minimum absolute atomic E-state index is 0.0954. The minimum atomic E-state index is -0.306. The standard InChI is InChI=1S/C22H27N5O3/c1-30-21-7-6-16(18-4-2-3-5-19(18)21)14-26-11-8-17(9-12-26)27-15-20(24-25-27)22(29)23-10-13-28/h2-7,15,17,28H,8-14H2,1H3,(H,23,29). The number of rotatable bonds is 7. The first-order chi connectivity index (χ1) is 14.7. The van der Waals surface area contributed by atoms with Gasteiger partial charge in [0.2, 0.25) is 0 Å². The van der Waals surface area contributed by atoms with Gasteiger partial charge >= 0.3 is 0 Å². The lowest BCUT2D eigenvalue weighted by Gasteiger charge is -2.32. The van der Waals surface area contributed by atoms with Crippen LogP contribution in [0.3, 0.4) is 0 Å². The largest absolute Gasteiger partial charge is 0.496 e. The summed E-state index contributed by atoms with van der Waals surface area (Å²) in [5, 5.41) is 21.9. The van der Waals surface area contributed by atoms with Gasteiger partial charge in [0.05, 0.1) is 26.0 Å². The Kier molecular flexibility index (Phi) is 6.25. The number of methoxy groups -OCH3 is 1. The predicted molar refractivity (Wildman–Crippen MR) is 113 cm³/mol. The first-order valence-corrected chi connectivity index (χ1v) is 10.3. The summed E-state index contributed by atoms with van der Waals surface area (Å²) in [6.45, 7) is 2.92. The number of hydrogen-bond acceptors (Lipinski definition) is 6. The van der Waals surface area contributed by atoms with Crippen LogP contribution in [0.25, 0.3) is 10.8 Å². The van der Waals surface area contributed by atoms with Crippen LogP contribution in [0.1, 0.15) is 34.9 Å². The number of carbonyl (C=O) groups excluding carboxylic acids is 1. The number of ether oxygens (including phenoxy) is 1. The second-order valence-corrected chi connectivity index (χ2v) is 7.54. The molecule has 1 aromatic heterocycles. The molecule has 0 saturated carbocycles. The van der Waals surface area contributed by atoms with E-state index in [4.69, 9.17) is 9.84 Å². The van der Waals surface area contributed by atoms with Gasteiger partial charge in [-0.15, -0.1) is 5.10 Å². The monoisotopic (exact) mass is 409 g/mol. The molecule has 8 heteroatoms. The number of carbonyl (C=O) groups is 1. The molecule has 1 saturated heterocycles. The van der Waals surface area contributed by atoms with Gasteiger partial charge in [0.15, 0.2) is 5.69 Å². The molecule has 0 spiro atoms. The molecule has 8 nitrogen and oxygen atoms in total. The first-order valence-electron chi connectivity index (χ1n) is 10.3. The molecule has 1 aliphatic rings. The summed E-state index contributed by atoms with van der Waals surface area (Å²) < 4.78 is 7.31. The molecule has 2 heterocycles. The molecule has 30 heavy (non-hydrogen) atoms. The molecular weight excluding hydrogens is 382 g/mol. The number of piperidine rings is 1. The lowest BCUT2D eigenvalue weighted by molar-refractivity contribution is 0.0939. The lowest BCUT2D eigenvalue weighted by atomic mass is 10.0. The van der Waals surface area contributed by atoms with E-state index >= 15 is 0 Å². The number of fused-ring (bicyclic) bond motifs is 1. The second-order valence-electron chi connectivity index (χ2n) is 7.54. The van der Waals surface area contributed by atoms with Crippen LogP contribution in [0.4, 0.5) is 0 Å². The molecule has 1 amide bonds. The van der Waals surface area contributed by atoms with E-state index < -0.39 is 0 Å². The van der Waals surface area contributed by atoms with Crippen molar-refractivity contribution in [2.75, 3.05) is 33.4 Å². The van der Waals surface area contributed by atoms with Crippen molar-refractivity contribution in [1.82, 2.24) is 25.2 Å². The summed E-state index contributed by atoms with van der Waals surface area (Å²) in [7, 11) is 1.71. The number of aliphatic hydroxyl groups excluding tert-OH is 1. The normalized spacial score (nSPS) is 15.4. The third-order valence-corrected chi connectivity index (χ3v) is 5.66. The SMILES string of the molecule is COc1ccc(CN2CCC(n3cc(C(=O)NCCO)nn3)CC2)c2ccccc12. The Balaban J connectivity index is 1.38. The molecule has 0 radical (unpaired) electrons. The average molecular weight is 409 g/mol. The highest BCUT2D eigenvalue weighted by Gasteiger charge is 2.23. The third kappa shape index (κ3) is 4.29. The molecule has 2 aromatic carbocycles. The fourth-order valence-electron chi connectivity index (χ4n) is 4.05. The van der Waals surface area contributed by atoms with Crippen LogP contribution in [-0.4, -0.2) is 64.3 Å². The number of hydrogen-bond donors (Lipinski definition) is 2. The van der Waals surface area contributed by atoms with Crippen molar-refractivity contribution in [2.24, 2.45) is 0 Å². The molecular formula is C22H27N5O3. The average Bonchev–Trinajstić information content (AvgIpc) is 3.29. The van der Waals surface area contributed by atoms with Crippen LogP contribution in [0.2, 0.25) is 0 Å². The van der Waals surface area contributed by atoms with Gasteiger partial charge in [-0.1, -0.05) is 35.5 Å². The zero-order valence-electron chi connectivity index (χ0n) is 17.1. The molecule has 1 aliphatic heterocycles. The van der Waals surface area contributed by atoms with Crippen LogP contribution >= 0.6 is 0 Å². The van der Waals surface area contributed by atoms with Crippen LogP contribution in [-0.2, 0) is 6.54 Å². The Hall–Kier alpha value is -2.97. The van der Waals surface area contributed by atoms with E-state index in [2.05, 4.69) is 44.8 Å². The van der Waals surface area contributed by atoms with Gasteiger partial charge in [-0.25, -0.2) is 4.68 Å². The van der Waals surface area contributed by atoms with Crippen molar-refractivity contribution in [1.29, 1.82) is 0 Å². The van der Waals surface area contributed by atoms with Crippen LogP contribution in [0, 0.1) is 0 Å². The van der Waals surface area contributed by atoms with E-state index in [1.54, 1.807) is 18.0 Å². The molecule has 4 rings (SSSR count). The van der Waals surface area contributed by atoms with Crippen molar-refractivity contribution in [3.05, 3.63) is 53.9 Å². The lowest BCUT2D eigenvalue weighted by Crippen LogP contribution is -2.34. The molecule has 0 aliphatic carbocycles. The van der Waals surface area contributed by atoms with E-state index in [-0.39, 0.29) is 30.8 Å². The number of aliphatic hydroxyl groups is 1. The van der Waals surface area contributed by atoms with Crippen molar-refractivity contribution in [3.63, 3.8) is 0 Å². The van der Waals surface area contributed by atoms with Gasteiger partial charge in [0.1, 0.15) is 5.75 Å². The van der Waals surface area contributed by atoms with Crippen LogP contribution in [0.5, 0.6) is 5.75 Å². The van der Waals surface area contributed by atoms with E-state index in [1.165, 1.54) is 10.9 Å². The Morgan fingerprint density at radius 1 is 1.20 bits per heavy atom. The number of amides is 1. The predicted octanol–water partition coefficient (Wildman–Crippen LogP) is 2.00. The zero-order valence-corrected chi connectivity index (χ0v) is 17.1. The van der Waals surface area contributed by atoms with E-state index in [0.717, 1.165) is 43.6 Å². The summed E-state index contributed by atoms with van der Waals surface area (Å²) in [6, 6.07) is 12.8. The number of nitrogens with one attached hydrogen (secondary N) is 1. The zero-order chi connectivity index (χ0) is 20.9. The summed E-state index contributed by atoms with van der Waals surface area (Å²) in [4.78, 5) is 14.4. The Morgan fingerprint density at radius 2 is 1.97 bits per heavy atom. The molecule has 0 unspecified atom stereocenters. The molecule has 0 bridgehead atoms. The summed E-state index contributed by atoms with van der Waals surface area (Å²) in [6.07, 6.45) is 3.61. The number of likely N-dealkylation sites (tertiary alicyclic amines) is 1. The fourth-order valence-corrected chi connectivity index (χ4v) is 4.05. The topological polar surface area (TPSA) is 92.5 Å². The van der Waals surface area contributed by atoms with Gasteiger partial charge in [-0.2, -0.15) is 0 Å². The van der Waals surface area contributed by atoms with Crippen molar-refractivity contribution >= 4 is 16.7 Å². The highest BCUT2D eigenvalue weighted by Crippen LogP contribution is 2.30. The minimum Gasteiger partial charge on any atom is -0.496 e. The van der Waals surface area contributed by atoms with Gasteiger partial charge in [0.25, 0.3) is 5.91 Å². The van der Waals surface area contributed by atoms with Gasteiger partial charge < -0.3 is 15.2 Å². The van der Waals surface area contributed by atoms with Crippen molar-refractivity contribution in [2.45, 2.75) is 25.4 Å². The molecule has 3 aromatic rings. The van der Waals surface area contributed by atoms with Crippen molar-refractivity contribution in [3.8, 4) is 5.75 Å². The Labute approximate surface area is 175 Å². The summed E-state index contributed by atoms with van der Waals surface area (Å²) in [5.74, 6) is 0.595. The van der Waals surface area contributed by atoms with E-state index in [9.17, 15) is 4.79 Å². The summed E-state index contributed by atoms with van der Waals surface area (Å²) >= 11 is 0. The smallest absolute Gasteiger partial charge is 0.273 e. The fraction of sp³-hybridized carbons (Fsp3) is 0.409. The third-order valence-electron chi connectivity index (χ3n) is 5.66. The number of benzene rings is 2. The molecule has 0 atom stereocenters. The van der Waals surface area contributed by atoms with Crippen LogP contribution in [0.15, 0.2) is 42.6 Å². The summed E-state index contributed by atoms with van der Waals surface area (Å²) in [5.41, 5.74) is 1.59. The number of aromatic nitrogens is 3. The maximum atomic E-state index is 12.0. The highest BCUT2D eigenvalue weighted by atomic mass is 16.5. The molecule has 2 N–H and O–H groups in total. The first kappa shape index (κ1) is 20.3.